The molecule has 0 amide bonds. The Morgan fingerprint density at radius 3 is 2.38 bits per heavy atom. The normalized spacial score (nSPS) is 14.4. The van der Waals surface area contributed by atoms with Crippen LogP contribution in [0.15, 0.2) is 93.4 Å². The predicted molar refractivity (Wildman–Crippen MR) is 135 cm³/mol. The van der Waals surface area contributed by atoms with Crippen molar-refractivity contribution in [1.29, 1.82) is 0 Å². The third-order valence-electron chi connectivity index (χ3n) is 5.45. The molecule has 0 radical (unpaired) electrons. The number of cyclic esters (lactones) is 1. The van der Waals surface area contributed by atoms with Gasteiger partial charge in [-0.1, -0.05) is 41.6 Å². The SMILES string of the molecule is COc1ccc(C2=N/C(=C/c3cc4ccc(C)cc4nc3Sc3ccc(C)cc3)C(=O)O2)cc1. The van der Waals surface area contributed by atoms with Gasteiger partial charge in [-0.15, -0.1) is 0 Å². The second-order valence-electron chi connectivity index (χ2n) is 8.06. The van der Waals surface area contributed by atoms with Crippen LogP contribution in [0.2, 0.25) is 0 Å². The maximum atomic E-state index is 12.6. The van der Waals surface area contributed by atoms with Crippen LogP contribution in [0.3, 0.4) is 0 Å². The first-order valence-corrected chi connectivity index (χ1v) is 11.6. The Kier molecular flexibility index (Phi) is 5.90. The second kappa shape index (κ2) is 9.15. The summed E-state index contributed by atoms with van der Waals surface area (Å²) in [5.41, 5.74) is 5.01. The topological polar surface area (TPSA) is 60.8 Å². The summed E-state index contributed by atoms with van der Waals surface area (Å²) >= 11 is 1.56. The minimum atomic E-state index is -0.485. The second-order valence-corrected chi connectivity index (χ2v) is 9.12. The number of hydrogen-bond donors (Lipinski definition) is 0. The molecule has 34 heavy (non-hydrogen) atoms. The largest absolute Gasteiger partial charge is 0.497 e. The van der Waals surface area contributed by atoms with Crippen molar-refractivity contribution in [3.05, 3.63) is 101 Å². The number of aliphatic imine (C=N–C) groups is 1. The van der Waals surface area contributed by atoms with Crippen LogP contribution < -0.4 is 4.74 Å². The number of hydrogen-bond acceptors (Lipinski definition) is 6. The van der Waals surface area contributed by atoms with Crippen LogP contribution in [-0.2, 0) is 9.53 Å². The summed E-state index contributed by atoms with van der Waals surface area (Å²) in [6, 6.07) is 23.7. The molecule has 0 N–H and O–H groups in total. The fourth-order valence-corrected chi connectivity index (χ4v) is 4.47. The van der Waals surface area contributed by atoms with E-state index in [9.17, 15) is 4.79 Å². The van der Waals surface area contributed by atoms with Gasteiger partial charge < -0.3 is 9.47 Å². The standard InChI is InChI=1S/C28H22N2O3S/c1-17-5-12-23(13-6-17)34-27-21(15-20-7-4-18(2)14-24(20)30-27)16-25-28(31)33-26(29-25)19-8-10-22(32-3)11-9-19/h4-16H,1-3H3/b25-16+. The van der Waals surface area contributed by atoms with Crippen LogP contribution in [0.1, 0.15) is 22.3 Å². The molecule has 2 heterocycles. The molecule has 1 aliphatic heterocycles. The van der Waals surface area contributed by atoms with Gasteiger partial charge in [0.05, 0.1) is 12.6 Å². The molecule has 5 nitrogen and oxygen atoms in total. The smallest absolute Gasteiger partial charge is 0.363 e. The average Bonchev–Trinajstić information content (AvgIpc) is 3.21. The van der Waals surface area contributed by atoms with Crippen molar-refractivity contribution in [1.82, 2.24) is 4.98 Å². The van der Waals surface area contributed by atoms with Crippen molar-refractivity contribution in [2.75, 3.05) is 7.11 Å². The Bertz CT molecular complexity index is 1460. The first kappa shape index (κ1) is 21.9. The third kappa shape index (κ3) is 4.58. The van der Waals surface area contributed by atoms with E-state index in [2.05, 4.69) is 48.3 Å². The van der Waals surface area contributed by atoms with Crippen LogP contribution in [-0.4, -0.2) is 24.0 Å². The van der Waals surface area contributed by atoms with Crippen molar-refractivity contribution in [3.63, 3.8) is 0 Å². The molecule has 0 saturated carbocycles. The molecule has 0 spiro atoms. The van der Waals surface area contributed by atoms with E-state index in [1.165, 1.54) is 5.56 Å². The Morgan fingerprint density at radius 2 is 1.65 bits per heavy atom. The number of rotatable bonds is 5. The molecule has 0 fully saturated rings. The molecule has 0 atom stereocenters. The lowest BCUT2D eigenvalue weighted by atomic mass is 10.1. The fourth-order valence-electron chi connectivity index (χ4n) is 3.59. The van der Waals surface area contributed by atoms with Crippen LogP contribution in [0.4, 0.5) is 0 Å². The summed E-state index contributed by atoms with van der Waals surface area (Å²) in [5.74, 6) is 0.511. The lowest BCUT2D eigenvalue weighted by Crippen LogP contribution is -2.05. The molecule has 1 aromatic heterocycles. The number of carbonyl (C=O) groups excluding carboxylic acids is 1. The van der Waals surface area contributed by atoms with Gasteiger partial charge in [0.25, 0.3) is 0 Å². The van der Waals surface area contributed by atoms with Crippen LogP contribution in [0.25, 0.3) is 17.0 Å². The fraction of sp³-hybridized carbons (Fsp3) is 0.107. The van der Waals surface area contributed by atoms with E-state index < -0.39 is 5.97 Å². The molecule has 0 unspecified atom stereocenters. The van der Waals surface area contributed by atoms with Gasteiger partial charge in [0.15, 0.2) is 5.70 Å². The van der Waals surface area contributed by atoms with Gasteiger partial charge in [0, 0.05) is 21.4 Å². The van der Waals surface area contributed by atoms with Gasteiger partial charge in [-0.05, 0) is 74.0 Å². The van der Waals surface area contributed by atoms with Crippen molar-refractivity contribution in [2.45, 2.75) is 23.8 Å². The summed E-state index contributed by atoms with van der Waals surface area (Å²) < 4.78 is 10.7. The molecular weight excluding hydrogens is 444 g/mol. The average molecular weight is 467 g/mol. The minimum absolute atomic E-state index is 0.241. The summed E-state index contributed by atoms with van der Waals surface area (Å²) in [6.45, 7) is 4.11. The highest BCUT2D eigenvalue weighted by atomic mass is 32.2. The van der Waals surface area contributed by atoms with Crippen LogP contribution in [0.5, 0.6) is 5.75 Å². The number of pyridine rings is 1. The number of nitrogens with zero attached hydrogens (tertiary/aromatic N) is 2. The molecule has 3 aromatic carbocycles. The summed E-state index contributed by atoms with van der Waals surface area (Å²) in [5, 5.41) is 1.80. The van der Waals surface area contributed by atoms with Crippen LogP contribution in [0, 0.1) is 13.8 Å². The monoisotopic (exact) mass is 466 g/mol. The van der Waals surface area contributed by atoms with E-state index >= 15 is 0 Å². The molecular formula is C28H22N2O3S. The lowest BCUT2D eigenvalue weighted by molar-refractivity contribution is -0.129. The zero-order valence-electron chi connectivity index (χ0n) is 19.0. The number of aromatic nitrogens is 1. The molecule has 1 aliphatic rings. The van der Waals surface area contributed by atoms with Crippen LogP contribution >= 0.6 is 11.8 Å². The highest BCUT2D eigenvalue weighted by molar-refractivity contribution is 7.99. The Labute approximate surface area is 202 Å². The maximum absolute atomic E-state index is 12.6. The van der Waals surface area contributed by atoms with Gasteiger partial charge in [-0.2, -0.15) is 0 Å². The lowest BCUT2D eigenvalue weighted by Gasteiger charge is -2.09. The summed E-state index contributed by atoms with van der Waals surface area (Å²) in [4.78, 5) is 23.1. The summed E-state index contributed by atoms with van der Waals surface area (Å²) in [7, 11) is 1.61. The molecule has 6 heteroatoms. The van der Waals surface area contributed by atoms with Crippen molar-refractivity contribution in [3.8, 4) is 5.75 Å². The highest BCUT2D eigenvalue weighted by Crippen LogP contribution is 2.33. The molecule has 0 bridgehead atoms. The molecule has 0 saturated heterocycles. The number of carbonyl (C=O) groups is 1. The molecule has 4 aromatic rings. The van der Waals surface area contributed by atoms with E-state index in [1.807, 2.05) is 31.2 Å². The van der Waals surface area contributed by atoms with Gasteiger partial charge >= 0.3 is 5.97 Å². The zero-order valence-corrected chi connectivity index (χ0v) is 19.8. The molecule has 0 aliphatic carbocycles. The van der Waals surface area contributed by atoms with Gasteiger partial charge in [-0.25, -0.2) is 14.8 Å². The van der Waals surface area contributed by atoms with Crippen molar-refractivity contribution in [2.24, 2.45) is 4.99 Å². The Balaban J connectivity index is 1.56. The van der Waals surface area contributed by atoms with E-state index in [0.29, 0.717) is 5.56 Å². The first-order valence-electron chi connectivity index (χ1n) is 10.8. The molecule has 168 valence electrons. The van der Waals surface area contributed by atoms with E-state index in [-0.39, 0.29) is 11.6 Å². The zero-order chi connectivity index (χ0) is 23.7. The molecule has 5 rings (SSSR count). The number of aryl methyl sites for hydroxylation is 2. The first-order chi connectivity index (χ1) is 16.5. The number of fused-ring (bicyclic) bond motifs is 1. The number of benzene rings is 3. The maximum Gasteiger partial charge on any atom is 0.363 e. The number of esters is 1. The van der Waals surface area contributed by atoms with Crippen molar-refractivity contribution >= 4 is 40.6 Å². The van der Waals surface area contributed by atoms with Gasteiger partial charge in [0.2, 0.25) is 5.90 Å². The summed E-state index contributed by atoms with van der Waals surface area (Å²) in [6.07, 6.45) is 1.75. The number of methoxy groups -OCH3 is 1. The van der Waals surface area contributed by atoms with Gasteiger partial charge in [-0.3, -0.25) is 0 Å². The predicted octanol–water partition coefficient (Wildman–Crippen LogP) is 6.36. The Hall–Kier alpha value is -3.90. The van der Waals surface area contributed by atoms with Gasteiger partial charge in [0.1, 0.15) is 10.8 Å². The third-order valence-corrected chi connectivity index (χ3v) is 6.48. The van der Waals surface area contributed by atoms with E-state index in [1.54, 1.807) is 37.1 Å². The minimum Gasteiger partial charge on any atom is -0.497 e. The Morgan fingerprint density at radius 1 is 0.912 bits per heavy atom. The van der Waals surface area contributed by atoms with Crippen molar-refractivity contribution < 1.29 is 14.3 Å². The number of ether oxygens (including phenoxy) is 2. The van der Waals surface area contributed by atoms with E-state index in [4.69, 9.17) is 14.5 Å². The quantitative estimate of drug-likeness (QED) is 0.253. The van der Waals surface area contributed by atoms with E-state index in [0.717, 1.165) is 37.7 Å². The highest BCUT2D eigenvalue weighted by Gasteiger charge is 2.25.